The van der Waals surface area contributed by atoms with Gasteiger partial charge < -0.3 is 14.8 Å². The van der Waals surface area contributed by atoms with Crippen molar-refractivity contribution in [3.8, 4) is 11.5 Å². The summed E-state index contributed by atoms with van der Waals surface area (Å²) in [7, 11) is 3.29. The van der Waals surface area contributed by atoms with Crippen LogP contribution in [0.2, 0.25) is 5.02 Å². The lowest BCUT2D eigenvalue weighted by molar-refractivity contribution is 0.389. The number of ether oxygens (including phenoxy) is 2. The average molecular weight is 242 g/mol. The van der Waals surface area contributed by atoms with Crippen molar-refractivity contribution < 1.29 is 9.47 Å². The fourth-order valence-corrected chi connectivity index (χ4v) is 2.51. The summed E-state index contributed by atoms with van der Waals surface area (Å²) >= 11 is 6.28. The number of hydrogen-bond acceptors (Lipinski definition) is 3. The van der Waals surface area contributed by atoms with Crippen LogP contribution in [0.3, 0.4) is 0 Å². The topological polar surface area (TPSA) is 30.5 Å². The van der Waals surface area contributed by atoms with E-state index in [1.165, 1.54) is 0 Å². The second-order valence-corrected chi connectivity index (χ2v) is 4.32. The van der Waals surface area contributed by atoms with Crippen LogP contribution in [0.15, 0.2) is 12.1 Å². The molecule has 0 radical (unpaired) electrons. The van der Waals surface area contributed by atoms with E-state index in [4.69, 9.17) is 21.1 Å². The van der Waals surface area contributed by atoms with E-state index in [2.05, 4.69) is 5.32 Å². The average Bonchev–Trinajstić information content (AvgIpc) is 2.81. The van der Waals surface area contributed by atoms with E-state index in [-0.39, 0.29) is 0 Å². The minimum Gasteiger partial charge on any atom is -0.497 e. The molecule has 1 atom stereocenters. The van der Waals surface area contributed by atoms with Gasteiger partial charge in [-0.05, 0) is 19.0 Å². The van der Waals surface area contributed by atoms with Crippen LogP contribution < -0.4 is 14.8 Å². The van der Waals surface area contributed by atoms with Crippen LogP contribution >= 0.6 is 11.6 Å². The van der Waals surface area contributed by atoms with Gasteiger partial charge in [0.25, 0.3) is 0 Å². The Morgan fingerprint density at radius 1 is 1.31 bits per heavy atom. The molecule has 16 heavy (non-hydrogen) atoms. The predicted octanol–water partition coefficient (Wildman–Crippen LogP) is 2.43. The molecule has 1 N–H and O–H groups in total. The third-order valence-corrected chi connectivity index (χ3v) is 3.30. The van der Waals surface area contributed by atoms with Gasteiger partial charge in [-0.25, -0.2) is 0 Å². The van der Waals surface area contributed by atoms with Crippen molar-refractivity contribution in [2.75, 3.05) is 27.3 Å². The number of benzene rings is 1. The molecule has 0 saturated carbocycles. The molecule has 1 aromatic rings. The fraction of sp³-hybridized carbons (Fsp3) is 0.500. The molecule has 3 nitrogen and oxygen atoms in total. The Kier molecular flexibility index (Phi) is 3.56. The number of methoxy groups -OCH3 is 2. The van der Waals surface area contributed by atoms with Crippen LogP contribution in [-0.4, -0.2) is 27.3 Å². The minimum absolute atomic E-state index is 0.438. The predicted molar refractivity (Wildman–Crippen MR) is 64.8 cm³/mol. The van der Waals surface area contributed by atoms with Crippen LogP contribution in [0.25, 0.3) is 0 Å². The van der Waals surface area contributed by atoms with Crippen molar-refractivity contribution in [2.45, 2.75) is 12.3 Å². The van der Waals surface area contributed by atoms with Crippen molar-refractivity contribution >= 4 is 11.6 Å². The molecule has 1 aliphatic rings. The third-order valence-electron chi connectivity index (χ3n) is 2.99. The number of rotatable bonds is 3. The number of hydrogen-bond donors (Lipinski definition) is 1. The summed E-state index contributed by atoms with van der Waals surface area (Å²) in [5.74, 6) is 1.99. The van der Waals surface area contributed by atoms with E-state index in [0.29, 0.717) is 5.92 Å². The zero-order valence-corrected chi connectivity index (χ0v) is 10.3. The quantitative estimate of drug-likeness (QED) is 0.882. The van der Waals surface area contributed by atoms with Crippen LogP contribution in [0, 0.1) is 0 Å². The van der Waals surface area contributed by atoms with E-state index >= 15 is 0 Å². The summed E-state index contributed by atoms with van der Waals surface area (Å²) < 4.78 is 10.6. The smallest absolute Gasteiger partial charge is 0.127 e. The molecule has 1 heterocycles. The summed E-state index contributed by atoms with van der Waals surface area (Å²) in [6.45, 7) is 2.00. The standard InChI is InChI=1S/C12H16ClNO2/c1-15-9-5-10(13)12(11(6-9)16-2)8-3-4-14-7-8/h5-6,8,14H,3-4,7H2,1-2H3. The first-order chi connectivity index (χ1) is 7.76. The minimum atomic E-state index is 0.438. The molecule has 0 aromatic heterocycles. The normalized spacial score (nSPS) is 19.8. The summed E-state index contributed by atoms with van der Waals surface area (Å²) in [6, 6.07) is 3.73. The van der Waals surface area contributed by atoms with E-state index in [0.717, 1.165) is 41.6 Å². The fourth-order valence-electron chi connectivity index (χ4n) is 2.15. The van der Waals surface area contributed by atoms with E-state index in [9.17, 15) is 0 Å². The van der Waals surface area contributed by atoms with Crippen molar-refractivity contribution in [1.82, 2.24) is 5.32 Å². The van der Waals surface area contributed by atoms with Gasteiger partial charge in [0.1, 0.15) is 11.5 Å². The Morgan fingerprint density at radius 2 is 2.12 bits per heavy atom. The molecule has 1 aliphatic heterocycles. The first kappa shape index (κ1) is 11.6. The maximum atomic E-state index is 6.28. The zero-order chi connectivity index (χ0) is 11.5. The highest BCUT2D eigenvalue weighted by molar-refractivity contribution is 6.31. The lowest BCUT2D eigenvalue weighted by Crippen LogP contribution is -2.09. The third kappa shape index (κ3) is 2.11. The highest BCUT2D eigenvalue weighted by Gasteiger charge is 2.23. The number of nitrogens with one attached hydrogen (secondary N) is 1. The summed E-state index contributed by atoms with van der Waals surface area (Å²) in [6.07, 6.45) is 1.10. The lowest BCUT2D eigenvalue weighted by atomic mass is 9.97. The van der Waals surface area contributed by atoms with Gasteiger partial charge in [-0.15, -0.1) is 0 Å². The second kappa shape index (κ2) is 4.93. The van der Waals surface area contributed by atoms with Crippen LogP contribution in [-0.2, 0) is 0 Å². The Hall–Kier alpha value is -0.930. The molecule has 1 saturated heterocycles. The van der Waals surface area contributed by atoms with E-state index in [1.807, 2.05) is 12.1 Å². The van der Waals surface area contributed by atoms with Gasteiger partial charge in [-0.2, -0.15) is 0 Å². The van der Waals surface area contributed by atoms with Gasteiger partial charge in [0.15, 0.2) is 0 Å². The van der Waals surface area contributed by atoms with Gasteiger partial charge >= 0.3 is 0 Å². The van der Waals surface area contributed by atoms with Crippen LogP contribution in [0.5, 0.6) is 11.5 Å². The molecule has 2 rings (SSSR count). The van der Waals surface area contributed by atoms with Gasteiger partial charge in [0.2, 0.25) is 0 Å². The SMILES string of the molecule is COc1cc(Cl)c(C2CCNC2)c(OC)c1. The summed E-state index contributed by atoms with van der Waals surface area (Å²) in [5, 5.41) is 4.06. The van der Waals surface area contributed by atoms with Crippen LogP contribution in [0.4, 0.5) is 0 Å². The maximum absolute atomic E-state index is 6.28. The second-order valence-electron chi connectivity index (χ2n) is 3.91. The highest BCUT2D eigenvalue weighted by Crippen LogP contribution is 2.39. The molecular formula is C12H16ClNO2. The molecule has 0 spiro atoms. The molecule has 1 aromatic carbocycles. The number of halogens is 1. The Balaban J connectivity index is 2.41. The van der Waals surface area contributed by atoms with E-state index < -0.39 is 0 Å². The highest BCUT2D eigenvalue weighted by atomic mass is 35.5. The van der Waals surface area contributed by atoms with Crippen molar-refractivity contribution in [3.63, 3.8) is 0 Å². The molecular weight excluding hydrogens is 226 g/mol. The summed E-state index contributed by atoms with van der Waals surface area (Å²) in [5.41, 5.74) is 1.09. The maximum Gasteiger partial charge on any atom is 0.127 e. The van der Waals surface area contributed by atoms with Gasteiger partial charge in [0.05, 0.1) is 19.2 Å². The molecule has 88 valence electrons. The molecule has 0 amide bonds. The van der Waals surface area contributed by atoms with Gasteiger partial charge in [-0.1, -0.05) is 11.6 Å². The summed E-state index contributed by atoms with van der Waals surface area (Å²) in [4.78, 5) is 0. The van der Waals surface area contributed by atoms with Gasteiger partial charge in [-0.3, -0.25) is 0 Å². The molecule has 1 unspecified atom stereocenters. The Morgan fingerprint density at radius 3 is 2.69 bits per heavy atom. The monoisotopic (exact) mass is 241 g/mol. The van der Waals surface area contributed by atoms with Crippen molar-refractivity contribution in [1.29, 1.82) is 0 Å². The molecule has 1 fully saturated rings. The molecule has 4 heteroatoms. The first-order valence-electron chi connectivity index (χ1n) is 5.38. The Labute approximate surface area is 101 Å². The van der Waals surface area contributed by atoms with Crippen molar-refractivity contribution in [2.24, 2.45) is 0 Å². The lowest BCUT2D eigenvalue weighted by Gasteiger charge is -2.16. The van der Waals surface area contributed by atoms with Gasteiger partial charge in [0, 0.05) is 24.1 Å². The zero-order valence-electron chi connectivity index (χ0n) is 9.55. The van der Waals surface area contributed by atoms with Crippen molar-refractivity contribution in [3.05, 3.63) is 22.7 Å². The first-order valence-corrected chi connectivity index (χ1v) is 5.76. The molecule has 0 aliphatic carbocycles. The largest absolute Gasteiger partial charge is 0.497 e. The Bertz CT molecular complexity index is 376. The molecule has 0 bridgehead atoms. The van der Waals surface area contributed by atoms with E-state index in [1.54, 1.807) is 14.2 Å². The van der Waals surface area contributed by atoms with Crippen LogP contribution in [0.1, 0.15) is 17.9 Å².